The van der Waals surface area contributed by atoms with Gasteiger partial charge < -0.3 is 0 Å². The van der Waals surface area contributed by atoms with Gasteiger partial charge in [0, 0.05) is 105 Å². The number of thiophene rings is 1. The van der Waals surface area contributed by atoms with Crippen LogP contribution in [0.1, 0.15) is 22.3 Å². The van der Waals surface area contributed by atoms with Gasteiger partial charge in [-0.1, -0.05) is 425 Å². The van der Waals surface area contributed by atoms with Gasteiger partial charge in [0.2, 0.25) is 0 Å². The molecule has 0 fully saturated rings. The van der Waals surface area contributed by atoms with Crippen molar-refractivity contribution in [1.82, 2.24) is 54.8 Å². The summed E-state index contributed by atoms with van der Waals surface area (Å²) in [5.74, 6) is 5.83. The van der Waals surface area contributed by atoms with E-state index in [-0.39, 0.29) is 0 Å². The van der Waals surface area contributed by atoms with Crippen LogP contribution in [0.25, 0.3) is 253 Å². The standard InChI is InChI=1S/C48H30N4S.C46H27N3S.C40H26N4/c1-4-12-32(13-5-1)45-50-46(33-14-6-2-7-15-33)52-47(51-45)40-21-11-20-37(30-40)35-18-10-19-36(28-35)38-24-26-41-39(29-38)23-22-31-25-27-42-44(43(31)41)49-48(53-42)34-16-8-3-9-17-34;1-3-13-28(14-4-1)43-47-44(29-15-5-2-6-16-29)49-45(48-43)30-23-24-35-39(27-30)46(36-20-10-7-17-31(36)32-18-8-11-21-37(32)46)38-26-25-34-33-19-9-12-22-40(33)50-42(34)41(35)38;1-3-12-27(13-4-1)38-42-39(28-14-5-2-6-15-28)44-40(43-38)33-23-31(30-17-11-21-41-26-30)22-32(24-33)37-25-29-16-7-8-18-34(29)35-19-9-10-20-36(35)37/h1-30H;1-27H;1-26H. The van der Waals surface area contributed by atoms with Gasteiger partial charge in [0.05, 0.1) is 15.6 Å². The van der Waals surface area contributed by atoms with E-state index in [4.69, 9.17) is 49.8 Å². The number of benzene rings is 21. The molecule has 21 aromatic carbocycles. The Kier molecular flexibility index (Phi) is 22.0. The lowest BCUT2D eigenvalue weighted by molar-refractivity contribution is 0.794. The van der Waals surface area contributed by atoms with Crippen molar-refractivity contribution in [1.29, 1.82) is 0 Å². The van der Waals surface area contributed by atoms with E-state index in [0.717, 1.165) is 105 Å². The highest BCUT2D eigenvalue weighted by molar-refractivity contribution is 7.26. The van der Waals surface area contributed by atoms with Crippen molar-refractivity contribution in [2.24, 2.45) is 0 Å². The minimum Gasteiger partial charge on any atom is -0.264 e. The summed E-state index contributed by atoms with van der Waals surface area (Å²) in [7, 11) is 0. The van der Waals surface area contributed by atoms with Crippen molar-refractivity contribution in [3.63, 3.8) is 0 Å². The number of nitrogens with zero attached hydrogens (tertiary/aromatic N) is 11. The molecule has 29 rings (SSSR count). The molecular formula is C134H83N11S2. The molecule has 0 saturated heterocycles. The molecule has 686 valence electrons. The van der Waals surface area contributed by atoms with E-state index in [0.29, 0.717) is 52.4 Å². The zero-order valence-electron chi connectivity index (χ0n) is 79.2. The van der Waals surface area contributed by atoms with Gasteiger partial charge in [-0.25, -0.2) is 49.8 Å². The molecule has 11 nitrogen and oxygen atoms in total. The monoisotopic (exact) mass is 1910 g/mol. The summed E-state index contributed by atoms with van der Waals surface area (Å²) in [5.41, 5.74) is 29.6. The van der Waals surface area contributed by atoms with Gasteiger partial charge in [-0.2, -0.15) is 0 Å². The first-order valence-corrected chi connectivity index (χ1v) is 50.9. The van der Waals surface area contributed by atoms with Crippen molar-refractivity contribution in [3.05, 3.63) is 526 Å². The lowest BCUT2D eigenvalue weighted by atomic mass is 9.70. The summed E-state index contributed by atoms with van der Waals surface area (Å²) >= 11 is 3.65. The quantitative estimate of drug-likeness (QED) is 0.0960. The SMILES string of the molecule is c1ccc(-c2nc(-c3ccccc3)nc(-c3cc(-c4cccnc4)cc(-c4cc5ccccc5c5ccccc45)c3)n2)cc1.c1ccc(-c2nc(-c3ccccc3)nc(-c3ccc4c(c3)C3(c5ccccc5-c5ccccc53)c3ccc5c(sc6ccccc65)c3-4)n2)cc1.c1ccc(-c2nc(-c3ccccc3)nc(-c3cccc(-c4cccc(-c5ccc6c(ccc7ccc8sc(-c9ccccc9)nc8c76)c5)c4)c3)n2)cc1. The normalized spacial score (nSPS) is 12.0. The first-order valence-electron chi connectivity index (χ1n) is 49.2. The third kappa shape index (κ3) is 15.9. The molecule has 27 aromatic rings. The molecule has 0 saturated carbocycles. The average Bonchev–Trinajstić information content (AvgIpc) is 1.50. The summed E-state index contributed by atoms with van der Waals surface area (Å²) in [5, 5.41) is 13.4. The predicted octanol–water partition coefficient (Wildman–Crippen LogP) is 34.3. The van der Waals surface area contributed by atoms with Crippen LogP contribution in [0, 0.1) is 0 Å². The topological polar surface area (TPSA) is 142 Å². The van der Waals surface area contributed by atoms with Gasteiger partial charge in [-0.15, -0.1) is 22.7 Å². The molecule has 0 aliphatic heterocycles. The molecule has 2 aliphatic carbocycles. The van der Waals surface area contributed by atoms with Crippen molar-refractivity contribution < 1.29 is 0 Å². The minimum absolute atomic E-state index is 0.476. The molecule has 6 aromatic heterocycles. The highest BCUT2D eigenvalue weighted by atomic mass is 32.1. The molecule has 2 aliphatic rings. The predicted molar refractivity (Wildman–Crippen MR) is 606 cm³/mol. The molecule has 0 unspecified atom stereocenters. The highest BCUT2D eigenvalue weighted by Gasteiger charge is 2.52. The molecule has 147 heavy (non-hydrogen) atoms. The molecule has 0 atom stereocenters. The van der Waals surface area contributed by atoms with Crippen LogP contribution in [0.3, 0.4) is 0 Å². The van der Waals surface area contributed by atoms with Crippen LogP contribution in [-0.2, 0) is 5.41 Å². The van der Waals surface area contributed by atoms with Gasteiger partial charge in [-0.3, -0.25) is 4.98 Å². The van der Waals surface area contributed by atoms with Gasteiger partial charge in [0.15, 0.2) is 52.4 Å². The second kappa shape index (κ2) is 37.1. The first kappa shape index (κ1) is 87.0. The van der Waals surface area contributed by atoms with Crippen molar-refractivity contribution in [2.75, 3.05) is 0 Å². The van der Waals surface area contributed by atoms with E-state index in [1.54, 1.807) is 17.5 Å². The third-order valence-corrected chi connectivity index (χ3v) is 30.5. The average molecular weight is 1910 g/mol. The zero-order valence-corrected chi connectivity index (χ0v) is 80.8. The third-order valence-electron chi connectivity index (χ3n) is 28.2. The van der Waals surface area contributed by atoms with Crippen LogP contribution in [-0.4, -0.2) is 54.8 Å². The smallest absolute Gasteiger partial charge is 0.164 e. The Morgan fingerprint density at radius 3 is 1.12 bits per heavy atom. The summed E-state index contributed by atoms with van der Waals surface area (Å²) in [4.78, 5) is 54.6. The second-order valence-corrected chi connectivity index (χ2v) is 39.1. The Morgan fingerprint density at radius 2 is 0.571 bits per heavy atom. The van der Waals surface area contributed by atoms with E-state index in [1.807, 2.05) is 187 Å². The van der Waals surface area contributed by atoms with E-state index in [1.165, 1.54) is 118 Å². The fraction of sp³-hybridized carbons (Fsp3) is 0.00746. The van der Waals surface area contributed by atoms with E-state index < -0.39 is 5.41 Å². The summed E-state index contributed by atoms with van der Waals surface area (Å²) in [6, 6.07) is 173. The van der Waals surface area contributed by atoms with E-state index in [9.17, 15) is 0 Å². The molecular weight excluding hydrogens is 1830 g/mol. The summed E-state index contributed by atoms with van der Waals surface area (Å²) in [6.45, 7) is 0. The Hall–Kier alpha value is -19.1. The fourth-order valence-electron chi connectivity index (χ4n) is 21.4. The first-order chi connectivity index (χ1) is 72.8. The number of fused-ring (bicyclic) bond motifs is 22. The maximum Gasteiger partial charge on any atom is 0.164 e. The minimum atomic E-state index is -0.476. The zero-order chi connectivity index (χ0) is 97.2. The molecule has 1 spiro atoms. The van der Waals surface area contributed by atoms with Crippen molar-refractivity contribution >= 4 is 96.2 Å². The largest absolute Gasteiger partial charge is 0.264 e. The molecule has 13 heteroatoms. The number of pyridine rings is 1. The Morgan fingerprint density at radius 1 is 0.177 bits per heavy atom. The maximum absolute atomic E-state index is 5.16. The van der Waals surface area contributed by atoms with Gasteiger partial charge in [-0.05, 0) is 182 Å². The molecule has 6 heterocycles. The van der Waals surface area contributed by atoms with Crippen LogP contribution < -0.4 is 0 Å². The maximum atomic E-state index is 5.16. The summed E-state index contributed by atoms with van der Waals surface area (Å²) in [6.07, 6.45) is 3.70. The summed E-state index contributed by atoms with van der Waals surface area (Å²) < 4.78 is 3.86. The van der Waals surface area contributed by atoms with Crippen LogP contribution in [0.15, 0.2) is 504 Å². The number of hydrogen-bond acceptors (Lipinski definition) is 13. The van der Waals surface area contributed by atoms with Crippen LogP contribution in [0.4, 0.5) is 0 Å². The van der Waals surface area contributed by atoms with Crippen LogP contribution >= 0.6 is 22.7 Å². The van der Waals surface area contributed by atoms with Crippen molar-refractivity contribution in [2.45, 2.75) is 5.41 Å². The Balaban J connectivity index is 0.000000110. The number of thiazole rings is 1. The molecule has 0 radical (unpaired) electrons. The van der Waals surface area contributed by atoms with Crippen molar-refractivity contribution in [3.8, 4) is 180 Å². The van der Waals surface area contributed by atoms with E-state index in [2.05, 4.69) is 327 Å². The Bertz CT molecular complexity index is 9580. The highest BCUT2D eigenvalue weighted by Crippen LogP contribution is 2.65. The Labute approximate surface area is 855 Å². The second-order valence-electron chi connectivity index (χ2n) is 37.0. The molecule has 0 N–H and O–H groups in total. The van der Waals surface area contributed by atoms with Gasteiger partial charge in [0.25, 0.3) is 0 Å². The molecule has 0 amide bonds. The van der Waals surface area contributed by atoms with Crippen LogP contribution in [0.2, 0.25) is 0 Å². The number of aromatic nitrogens is 11. The fourth-order valence-corrected chi connectivity index (χ4v) is 23.6. The lowest BCUT2D eigenvalue weighted by Crippen LogP contribution is -2.25. The number of rotatable bonds is 14. The number of hydrogen-bond donors (Lipinski definition) is 0. The lowest BCUT2D eigenvalue weighted by Gasteiger charge is -2.30. The van der Waals surface area contributed by atoms with E-state index >= 15 is 0 Å². The van der Waals surface area contributed by atoms with Gasteiger partial charge >= 0.3 is 0 Å². The van der Waals surface area contributed by atoms with Gasteiger partial charge in [0.1, 0.15) is 5.01 Å². The van der Waals surface area contributed by atoms with Crippen LogP contribution in [0.5, 0.6) is 0 Å². The molecule has 0 bridgehead atoms.